The minimum atomic E-state index is -1.00. The number of hydrogen-bond acceptors (Lipinski definition) is 6. The number of hydroxylamine groups is 2. The second kappa shape index (κ2) is 17.1. The minimum absolute atomic E-state index is 0.00127. The molecule has 7 nitrogen and oxygen atoms in total. The summed E-state index contributed by atoms with van der Waals surface area (Å²) in [5.74, 6) is -0.224. The van der Waals surface area contributed by atoms with Gasteiger partial charge in [0.2, 0.25) is 0 Å². The summed E-state index contributed by atoms with van der Waals surface area (Å²) in [6.07, 6.45) is 24.2. The van der Waals surface area contributed by atoms with Gasteiger partial charge in [-0.3, -0.25) is 9.59 Å². The summed E-state index contributed by atoms with van der Waals surface area (Å²) in [6, 6.07) is 0. The normalized spacial score (nSPS) is 24.6. The van der Waals surface area contributed by atoms with Gasteiger partial charge in [-0.1, -0.05) is 96.8 Å². The zero-order valence-electron chi connectivity index (χ0n) is 29.5. The summed E-state index contributed by atoms with van der Waals surface area (Å²) in [4.78, 5) is 29.6. The van der Waals surface area contributed by atoms with Crippen LogP contribution in [0.15, 0.2) is 0 Å². The average Bonchev–Trinajstić information content (AvgIpc) is 3.15. The third-order valence-corrected chi connectivity index (χ3v) is 10.6. The molecule has 1 aliphatic carbocycles. The molecule has 1 amide bonds. The van der Waals surface area contributed by atoms with E-state index in [0.717, 1.165) is 51.4 Å². The van der Waals surface area contributed by atoms with Gasteiger partial charge in [-0.2, -0.15) is 5.06 Å². The van der Waals surface area contributed by atoms with Crippen molar-refractivity contribution in [2.45, 2.75) is 218 Å². The van der Waals surface area contributed by atoms with Crippen LogP contribution in [0.2, 0.25) is 0 Å². The highest BCUT2D eigenvalue weighted by Crippen LogP contribution is 2.53. The zero-order valence-corrected chi connectivity index (χ0v) is 29.5. The average molecular weight is 621 g/mol. The summed E-state index contributed by atoms with van der Waals surface area (Å²) in [7, 11) is 0. The Labute approximate surface area is 270 Å². The summed E-state index contributed by atoms with van der Waals surface area (Å²) in [6.45, 7) is 12.6. The highest BCUT2D eigenvalue weighted by Gasteiger charge is 2.66. The van der Waals surface area contributed by atoms with E-state index in [1.165, 1.54) is 82.1 Å². The van der Waals surface area contributed by atoms with Gasteiger partial charge < -0.3 is 19.6 Å². The Morgan fingerprint density at radius 2 is 1.30 bits per heavy atom. The summed E-state index contributed by atoms with van der Waals surface area (Å²) < 4.78 is 13.0. The second-order valence-corrected chi connectivity index (χ2v) is 15.8. The monoisotopic (exact) mass is 621 g/mol. The largest absolute Gasteiger partial charge is 0.463 e. The number of nitrogens with zero attached hydrogens (tertiary/aromatic N) is 2. The molecular weight excluding hydrogens is 552 g/mol. The van der Waals surface area contributed by atoms with Crippen molar-refractivity contribution in [2.75, 3.05) is 6.54 Å². The molecule has 0 aromatic heterocycles. The SMILES string of the molecule is CCCCCCCCCCC(C)OC(=O)CCN1C(=O)C2(CC(C)(C)N(O)C(C)(C)C2)OC12CCCCCCCCCCC2. The molecule has 3 fully saturated rings. The molecule has 0 aromatic carbocycles. The van der Waals surface area contributed by atoms with Crippen LogP contribution in [-0.2, 0) is 19.1 Å². The lowest BCUT2D eigenvalue weighted by atomic mass is 9.72. The highest BCUT2D eigenvalue weighted by atomic mass is 16.6. The van der Waals surface area contributed by atoms with Gasteiger partial charge in [0, 0.05) is 30.5 Å². The maximum atomic E-state index is 14.6. The molecule has 0 bridgehead atoms. The van der Waals surface area contributed by atoms with Crippen molar-refractivity contribution in [3.63, 3.8) is 0 Å². The van der Waals surface area contributed by atoms with Gasteiger partial charge in [-0.25, -0.2) is 0 Å². The Hall–Kier alpha value is -1.18. The lowest BCUT2D eigenvalue weighted by Crippen LogP contribution is -2.66. The van der Waals surface area contributed by atoms with Crippen LogP contribution in [0.1, 0.15) is 189 Å². The molecule has 3 rings (SSSR count). The van der Waals surface area contributed by atoms with E-state index in [1.807, 2.05) is 39.5 Å². The standard InChI is InChI=1S/C37H68N2O5/c1-7-8-9-10-11-15-18-21-24-31(2)43-32(40)25-28-38-33(41)36(29-34(3,4)39(42)35(5,6)30-36)44-37(38)26-22-19-16-13-12-14-17-20-23-27-37/h31,42H,7-30H2,1-6H3. The smallest absolute Gasteiger partial charge is 0.307 e. The molecule has 1 atom stereocenters. The zero-order chi connectivity index (χ0) is 32.3. The number of carbonyl (C=O) groups excluding carboxylic acids is 2. The molecule has 2 saturated heterocycles. The van der Waals surface area contributed by atoms with Crippen LogP contribution < -0.4 is 0 Å². The summed E-state index contributed by atoms with van der Waals surface area (Å²) in [5, 5.41) is 12.5. The van der Waals surface area contributed by atoms with Gasteiger partial charge >= 0.3 is 5.97 Å². The van der Waals surface area contributed by atoms with Crippen LogP contribution >= 0.6 is 0 Å². The van der Waals surface area contributed by atoms with Crippen LogP contribution in [0, 0.1) is 0 Å². The fraction of sp³-hybridized carbons (Fsp3) is 0.946. The van der Waals surface area contributed by atoms with E-state index in [0.29, 0.717) is 19.4 Å². The van der Waals surface area contributed by atoms with E-state index in [1.54, 1.807) is 0 Å². The molecule has 7 heteroatoms. The lowest BCUT2D eigenvalue weighted by Gasteiger charge is -2.54. The highest BCUT2D eigenvalue weighted by molar-refractivity contribution is 5.89. The van der Waals surface area contributed by atoms with Gasteiger partial charge in [0.15, 0.2) is 5.60 Å². The predicted octanol–water partition coefficient (Wildman–Crippen LogP) is 9.48. The van der Waals surface area contributed by atoms with Crippen molar-refractivity contribution in [1.29, 1.82) is 0 Å². The third kappa shape index (κ3) is 10.2. The van der Waals surface area contributed by atoms with Gasteiger partial charge in [0.25, 0.3) is 5.91 Å². The number of esters is 1. The van der Waals surface area contributed by atoms with E-state index in [9.17, 15) is 14.8 Å². The molecule has 44 heavy (non-hydrogen) atoms. The lowest BCUT2D eigenvalue weighted by molar-refractivity contribution is -0.284. The van der Waals surface area contributed by atoms with E-state index in [2.05, 4.69) is 6.92 Å². The number of amides is 1. The molecule has 0 radical (unpaired) electrons. The Bertz CT molecular complexity index is 857. The topological polar surface area (TPSA) is 79.3 Å². The second-order valence-electron chi connectivity index (χ2n) is 15.8. The van der Waals surface area contributed by atoms with Gasteiger partial charge in [-0.05, 0) is 73.1 Å². The number of hydrogen-bond donors (Lipinski definition) is 1. The van der Waals surface area contributed by atoms with Crippen molar-refractivity contribution in [1.82, 2.24) is 9.96 Å². The molecule has 256 valence electrons. The fourth-order valence-corrected chi connectivity index (χ4v) is 8.50. The molecule has 0 aromatic rings. The molecule has 2 spiro atoms. The van der Waals surface area contributed by atoms with E-state index in [4.69, 9.17) is 9.47 Å². The van der Waals surface area contributed by atoms with Crippen LogP contribution in [-0.4, -0.2) is 62.1 Å². The van der Waals surface area contributed by atoms with Crippen molar-refractivity contribution in [3.05, 3.63) is 0 Å². The van der Waals surface area contributed by atoms with Crippen molar-refractivity contribution < 1.29 is 24.3 Å². The van der Waals surface area contributed by atoms with E-state index in [-0.39, 0.29) is 24.4 Å². The maximum absolute atomic E-state index is 14.6. The maximum Gasteiger partial charge on any atom is 0.307 e. The number of ether oxygens (including phenoxy) is 2. The summed E-state index contributed by atoms with van der Waals surface area (Å²) in [5.41, 5.74) is -2.95. The van der Waals surface area contributed by atoms with Gasteiger partial charge in [-0.15, -0.1) is 0 Å². The molecule has 2 aliphatic heterocycles. The molecule has 1 saturated carbocycles. The van der Waals surface area contributed by atoms with Crippen molar-refractivity contribution in [3.8, 4) is 0 Å². The Kier molecular flexibility index (Phi) is 14.5. The fourth-order valence-electron chi connectivity index (χ4n) is 8.50. The van der Waals surface area contributed by atoms with Crippen LogP contribution in [0.25, 0.3) is 0 Å². The first-order valence-corrected chi connectivity index (χ1v) is 18.6. The van der Waals surface area contributed by atoms with Crippen LogP contribution in [0.4, 0.5) is 0 Å². The number of carbonyl (C=O) groups is 2. The number of unbranched alkanes of at least 4 members (excludes halogenated alkanes) is 7. The molecule has 1 N–H and O–H groups in total. The van der Waals surface area contributed by atoms with Gasteiger partial charge in [0.1, 0.15) is 5.72 Å². The molecule has 1 unspecified atom stereocenters. The predicted molar refractivity (Wildman–Crippen MR) is 177 cm³/mol. The van der Waals surface area contributed by atoms with Gasteiger partial charge in [0.05, 0.1) is 12.5 Å². The Morgan fingerprint density at radius 3 is 1.82 bits per heavy atom. The third-order valence-electron chi connectivity index (χ3n) is 10.6. The van der Waals surface area contributed by atoms with E-state index < -0.39 is 22.4 Å². The van der Waals surface area contributed by atoms with Crippen LogP contribution in [0.5, 0.6) is 0 Å². The molecular formula is C37H68N2O5. The molecule has 2 heterocycles. The van der Waals surface area contributed by atoms with Crippen molar-refractivity contribution in [2.24, 2.45) is 0 Å². The van der Waals surface area contributed by atoms with Crippen LogP contribution in [0.3, 0.4) is 0 Å². The van der Waals surface area contributed by atoms with Crippen molar-refractivity contribution >= 4 is 11.9 Å². The Balaban J connectivity index is 1.68. The quantitative estimate of drug-likeness (QED) is 0.163. The summed E-state index contributed by atoms with van der Waals surface area (Å²) >= 11 is 0. The Morgan fingerprint density at radius 1 is 0.818 bits per heavy atom. The number of piperidine rings is 1. The molecule has 3 aliphatic rings. The first-order valence-electron chi connectivity index (χ1n) is 18.6. The minimum Gasteiger partial charge on any atom is -0.463 e. The number of rotatable bonds is 13. The van der Waals surface area contributed by atoms with E-state index >= 15 is 0 Å². The first-order chi connectivity index (χ1) is 20.9. The first kappa shape index (κ1) is 37.3.